The van der Waals surface area contributed by atoms with Gasteiger partial charge in [-0.25, -0.2) is 23.4 Å². The van der Waals surface area contributed by atoms with E-state index >= 15 is 0 Å². The molecule has 0 amide bonds. The Morgan fingerprint density at radius 3 is 2.46 bits per heavy atom. The molecule has 4 aromatic heterocycles. The second-order valence-electron chi connectivity index (χ2n) is 11.1. The summed E-state index contributed by atoms with van der Waals surface area (Å²) in [7, 11) is -1.43. The highest BCUT2D eigenvalue weighted by molar-refractivity contribution is 7.90. The van der Waals surface area contributed by atoms with Crippen molar-refractivity contribution in [2.45, 2.75) is 75.7 Å². The van der Waals surface area contributed by atoms with Crippen LogP contribution in [0.1, 0.15) is 58.4 Å². The number of hydrogen-bond acceptors (Lipinski definition) is 10. The largest absolute Gasteiger partial charge is 0.382 e. The van der Waals surface area contributed by atoms with Crippen molar-refractivity contribution < 1.29 is 8.42 Å². The zero-order chi connectivity index (χ0) is 28.6. The third-order valence-electron chi connectivity index (χ3n) is 7.75. The zero-order valence-corrected chi connectivity index (χ0v) is 24.3. The molecule has 2 saturated carbocycles. The minimum atomic E-state index is -3.46. The van der Waals surface area contributed by atoms with Crippen molar-refractivity contribution in [3.63, 3.8) is 0 Å². The molecule has 0 radical (unpaired) electrons. The summed E-state index contributed by atoms with van der Waals surface area (Å²) in [6.07, 6.45) is 14.2. The third kappa shape index (κ3) is 5.96. The van der Waals surface area contributed by atoms with Crippen molar-refractivity contribution in [2.75, 3.05) is 17.7 Å². The summed E-state index contributed by atoms with van der Waals surface area (Å²) >= 11 is 0. The fourth-order valence-electron chi connectivity index (χ4n) is 5.14. The van der Waals surface area contributed by atoms with Crippen molar-refractivity contribution in [3.8, 4) is 22.6 Å². The predicted octanol–water partition coefficient (Wildman–Crippen LogP) is 4.21. The van der Waals surface area contributed by atoms with E-state index in [9.17, 15) is 8.42 Å². The molecular weight excluding hydrogens is 540 g/mol. The van der Waals surface area contributed by atoms with Crippen LogP contribution >= 0.6 is 0 Å². The number of pyridine rings is 1. The summed E-state index contributed by atoms with van der Waals surface area (Å²) < 4.78 is 28.1. The lowest BCUT2D eigenvalue weighted by Crippen LogP contribution is -2.35. The van der Waals surface area contributed by atoms with Crippen LogP contribution in [0.15, 0.2) is 49.2 Å². The Balaban J connectivity index is 1.25. The van der Waals surface area contributed by atoms with Crippen molar-refractivity contribution in [1.82, 2.24) is 39.2 Å². The molecule has 0 aliphatic heterocycles. The van der Waals surface area contributed by atoms with Crippen LogP contribution in [-0.2, 0) is 10.0 Å². The molecule has 2 aliphatic carbocycles. The van der Waals surface area contributed by atoms with E-state index in [2.05, 4.69) is 49.8 Å². The Bertz CT molecular complexity index is 1620. The molecule has 6 rings (SSSR count). The van der Waals surface area contributed by atoms with Gasteiger partial charge in [0.05, 0.1) is 28.9 Å². The van der Waals surface area contributed by atoms with E-state index in [4.69, 9.17) is 5.10 Å². The fourth-order valence-corrected chi connectivity index (χ4v) is 6.62. The maximum atomic E-state index is 12.5. The lowest BCUT2D eigenvalue weighted by Gasteiger charge is -2.30. The summed E-state index contributed by atoms with van der Waals surface area (Å²) in [4.78, 5) is 13.6. The molecule has 0 spiro atoms. The van der Waals surface area contributed by atoms with Crippen LogP contribution in [-0.4, -0.2) is 66.7 Å². The highest BCUT2D eigenvalue weighted by Crippen LogP contribution is 2.33. The van der Waals surface area contributed by atoms with Crippen LogP contribution in [0.3, 0.4) is 0 Å². The van der Waals surface area contributed by atoms with E-state index in [0.717, 1.165) is 46.7 Å². The van der Waals surface area contributed by atoms with Gasteiger partial charge in [-0.05, 0) is 71.6 Å². The minimum absolute atomic E-state index is 0.263. The molecule has 13 heteroatoms. The Hall–Kier alpha value is -3.84. The number of aromatic nitrogens is 7. The lowest BCUT2D eigenvalue weighted by molar-refractivity contribution is 0.371. The molecule has 0 unspecified atom stereocenters. The molecule has 12 nitrogen and oxygen atoms in total. The van der Waals surface area contributed by atoms with Gasteiger partial charge >= 0.3 is 0 Å². The monoisotopic (exact) mass is 576 g/mol. The average Bonchev–Trinajstić information content (AvgIpc) is 3.51. The molecule has 2 fully saturated rings. The van der Waals surface area contributed by atoms with Crippen molar-refractivity contribution >= 4 is 27.3 Å². The summed E-state index contributed by atoms with van der Waals surface area (Å²) in [5.41, 5.74) is 3.30. The molecular formula is C28H36N10O2S. The van der Waals surface area contributed by atoms with Gasteiger partial charge in [0.15, 0.2) is 5.82 Å². The molecule has 0 aromatic carbocycles. The predicted molar refractivity (Wildman–Crippen MR) is 158 cm³/mol. The maximum absolute atomic E-state index is 12.5. The molecule has 0 bridgehead atoms. The highest BCUT2D eigenvalue weighted by Gasteiger charge is 2.37. The molecule has 4 aromatic rings. The van der Waals surface area contributed by atoms with Crippen molar-refractivity contribution in [1.29, 1.82) is 0 Å². The molecule has 0 saturated heterocycles. The van der Waals surface area contributed by atoms with Gasteiger partial charge in [-0.15, -0.1) is 0 Å². The summed E-state index contributed by atoms with van der Waals surface area (Å²) in [5, 5.41) is 19.0. The number of nitrogens with one attached hydrogen (secondary N) is 3. The second kappa shape index (κ2) is 11.2. The van der Waals surface area contributed by atoms with Crippen LogP contribution < -0.4 is 16.0 Å². The van der Waals surface area contributed by atoms with Gasteiger partial charge in [0.2, 0.25) is 0 Å². The minimum Gasteiger partial charge on any atom is -0.382 e. The Morgan fingerprint density at radius 1 is 0.976 bits per heavy atom. The first-order chi connectivity index (χ1) is 19.8. The smallest absolute Gasteiger partial charge is 0.256 e. The second-order valence-corrected chi connectivity index (χ2v) is 13.2. The van der Waals surface area contributed by atoms with E-state index in [1.54, 1.807) is 12.3 Å². The van der Waals surface area contributed by atoms with Crippen LogP contribution in [0.4, 0.5) is 17.3 Å². The highest BCUT2D eigenvalue weighted by atomic mass is 32.2. The number of nitrogens with zero attached hydrogens (tertiary/aromatic N) is 7. The third-order valence-corrected chi connectivity index (χ3v) is 9.78. The quantitative estimate of drug-likeness (QED) is 0.251. The van der Waals surface area contributed by atoms with Gasteiger partial charge in [0.1, 0.15) is 11.6 Å². The Labute approximate surface area is 240 Å². The first kappa shape index (κ1) is 27.3. The van der Waals surface area contributed by atoms with Crippen LogP contribution in [0.5, 0.6) is 0 Å². The normalized spacial score (nSPS) is 19.4. The number of anilines is 3. The lowest BCUT2D eigenvalue weighted by atomic mass is 9.91. The van der Waals surface area contributed by atoms with Crippen LogP contribution in [0, 0.1) is 0 Å². The van der Waals surface area contributed by atoms with E-state index < -0.39 is 10.0 Å². The average molecular weight is 577 g/mol. The molecule has 41 heavy (non-hydrogen) atoms. The molecule has 3 N–H and O–H groups in total. The van der Waals surface area contributed by atoms with Crippen LogP contribution in [0.25, 0.3) is 22.6 Å². The molecule has 216 valence electrons. The first-order valence-electron chi connectivity index (χ1n) is 14.2. The first-order valence-corrected chi connectivity index (χ1v) is 15.7. The van der Waals surface area contributed by atoms with Gasteiger partial charge < -0.3 is 16.0 Å². The van der Waals surface area contributed by atoms with E-state index in [0.29, 0.717) is 47.9 Å². The van der Waals surface area contributed by atoms with E-state index in [-0.39, 0.29) is 11.3 Å². The van der Waals surface area contributed by atoms with Gasteiger partial charge in [0, 0.05) is 54.0 Å². The SMILES string of the molecule is CNC1CCC(Nc2cc(Nc3ccnc(-c4cnn(S(=O)(=O)C5CC5)c4)n3)ncc2-c2ccn(C(C)C)n2)CC1. The number of hydrogen-bond donors (Lipinski definition) is 3. The Kier molecular flexibility index (Phi) is 7.47. The zero-order valence-electron chi connectivity index (χ0n) is 23.5. The van der Waals surface area contributed by atoms with E-state index in [1.165, 1.54) is 12.4 Å². The molecule has 4 heterocycles. The van der Waals surface area contributed by atoms with E-state index in [1.807, 2.05) is 36.3 Å². The standard InChI is InChI=1S/C28H36N10O2S/c1-18(2)37-13-11-24(36-37)23-16-31-27(14-25(23)33-21-6-4-20(29-3)5-7-21)34-26-10-12-30-28(35-26)19-15-32-38(17-19)41(39,40)22-8-9-22/h10-18,20-22,29H,4-9H2,1-3H3,(H2,30,31,33,34,35). The number of rotatable bonds is 10. The maximum Gasteiger partial charge on any atom is 0.256 e. The summed E-state index contributed by atoms with van der Waals surface area (Å²) in [6, 6.07) is 6.95. The van der Waals surface area contributed by atoms with Crippen molar-refractivity contribution in [2.24, 2.45) is 0 Å². The fraction of sp³-hybridized carbons (Fsp3) is 0.464. The summed E-state index contributed by atoms with van der Waals surface area (Å²) in [5.74, 6) is 1.54. The van der Waals surface area contributed by atoms with Crippen LogP contribution in [0.2, 0.25) is 0 Å². The molecule has 2 aliphatic rings. The summed E-state index contributed by atoms with van der Waals surface area (Å²) in [6.45, 7) is 4.21. The van der Waals surface area contributed by atoms with Crippen molar-refractivity contribution in [3.05, 3.63) is 49.2 Å². The van der Waals surface area contributed by atoms with Gasteiger partial charge in [-0.1, -0.05) is 0 Å². The van der Waals surface area contributed by atoms with Gasteiger partial charge in [-0.3, -0.25) is 4.68 Å². The topological polar surface area (TPSA) is 145 Å². The molecule has 0 atom stereocenters. The van der Waals surface area contributed by atoms with Gasteiger partial charge in [-0.2, -0.15) is 14.3 Å². The van der Waals surface area contributed by atoms with Gasteiger partial charge in [0.25, 0.3) is 10.0 Å². The Morgan fingerprint density at radius 2 is 1.76 bits per heavy atom.